The van der Waals surface area contributed by atoms with E-state index in [1.807, 2.05) is 30.0 Å². The quantitative estimate of drug-likeness (QED) is 0.825. The van der Waals surface area contributed by atoms with Crippen LogP contribution in [0.5, 0.6) is 0 Å². The van der Waals surface area contributed by atoms with Crippen molar-refractivity contribution in [1.29, 1.82) is 0 Å². The molecule has 2 aromatic carbocycles. The normalized spacial score (nSPS) is 21.4. The molecule has 2 aliphatic rings. The minimum atomic E-state index is -0.0702. The van der Waals surface area contributed by atoms with E-state index in [1.165, 1.54) is 10.8 Å². The number of ether oxygens (including phenoxy) is 1. The van der Waals surface area contributed by atoms with Crippen molar-refractivity contribution in [3.63, 3.8) is 0 Å². The van der Waals surface area contributed by atoms with Crippen LogP contribution in [0.1, 0.15) is 31.4 Å². The lowest BCUT2D eigenvalue weighted by molar-refractivity contribution is -0.142. The molecule has 1 N–H and O–H groups in total. The van der Waals surface area contributed by atoms with Crippen LogP contribution in [0.15, 0.2) is 42.5 Å². The van der Waals surface area contributed by atoms with E-state index in [0.717, 1.165) is 24.9 Å². The smallest absolute Gasteiger partial charge is 0.234 e. The number of benzene rings is 2. The molecule has 6 nitrogen and oxygen atoms in total. The molecule has 2 aliphatic heterocycles. The Morgan fingerprint density at radius 1 is 1.10 bits per heavy atom. The van der Waals surface area contributed by atoms with Crippen LogP contribution in [0.3, 0.4) is 0 Å². The van der Waals surface area contributed by atoms with Gasteiger partial charge in [0.1, 0.15) is 0 Å². The van der Waals surface area contributed by atoms with E-state index in [-0.39, 0.29) is 23.8 Å². The predicted octanol–water partition coefficient (Wildman–Crippen LogP) is 2.59. The van der Waals surface area contributed by atoms with Crippen LogP contribution in [0, 0.1) is 5.92 Å². The Bertz CT molecular complexity index is 889. The molecule has 0 radical (unpaired) electrons. The molecule has 2 atom stereocenters. The van der Waals surface area contributed by atoms with Crippen LogP contribution in [0.4, 0.5) is 0 Å². The van der Waals surface area contributed by atoms with Crippen LogP contribution in [0.25, 0.3) is 10.8 Å². The Balaban J connectivity index is 1.33. The predicted molar refractivity (Wildman–Crippen MR) is 117 cm³/mol. The molecule has 0 aromatic heterocycles. The Kier molecular flexibility index (Phi) is 6.65. The Morgan fingerprint density at radius 2 is 1.87 bits per heavy atom. The maximum absolute atomic E-state index is 12.8. The van der Waals surface area contributed by atoms with Gasteiger partial charge in [0, 0.05) is 19.6 Å². The summed E-state index contributed by atoms with van der Waals surface area (Å²) in [5, 5.41) is 5.50. The first-order valence-corrected chi connectivity index (χ1v) is 11.0. The zero-order valence-corrected chi connectivity index (χ0v) is 17.7. The zero-order valence-electron chi connectivity index (χ0n) is 17.7. The molecule has 0 bridgehead atoms. The minimum Gasteiger partial charge on any atom is -0.378 e. The molecule has 2 amide bonds. The van der Waals surface area contributed by atoms with Gasteiger partial charge in [-0.25, -0.2) is 0 Å². The van der Waals surface area contributed by atoms with Crippen molar-refractivity contribution in [2.75, 3.05) is 45.9 Å². The van der Waals surface area contributed by atoms with Gasteiger partial charge in [-0.1, -0.05) is 42.5 Å². The number of fused-ring (bicyclic) bond motifs is 1. The third-order valence-electron chi connectivity index (χ3n) is 6.21. The first-order chi connectivity index (χ1) is 14.6. The van der Waals surface area contributed by atoms with Gasteiger partial charge in [0.2, 0.25) is 11.8 Å². The first kappa shape index (κ1) is 20.8. The van der Waals surface area contributed by atoms with E-state index >= 15 is 0 Å². The molecule has 4 rings (SSSR count). The highest BCUT2D eigenvalue weighted by molar-refractivity contribution is 5.87. The second-order valence-electron chi connectivity index (χ2n) is 8.37. The third kappa shape index (κ3) is 4.82. The van der Waals surface area contributed by atoms with Gasteiger partial charge in [-0.05, 0) is 42.6 Å². The lowest BCUT2D eigenvalue weighted by Crippen LogP contribution is -2.50. The highest BCUT2D eigenvalue weighted by Crippen LogP contribution is 2.24. The summed E-state index contributed by atoms with van der Waals surface area (Å²) in [5.41, 5.74) is 1.13. The van der Waals surface area contributed by atoms with Crippen LogP contribution in [0.2, 0.25) is 0 Å². The van der Waals surface area contributed by atoms with Crippen LogP contribution in [-0.4, -0.2) is 67.6 Å². The summed E-state index contributed by atoms with van der Waals surface area (Å²) in [4.78, 5) is 29.6. The molecule has 6 heteroatoms. The summed E-state index contributed by atoms with van der Waals surface area (Å²) in [6.45, 7) is 6.49. The largest absolute Gasteiger partial charge is 0.378 e. The van der Waals surface area contributed by atoms with Crippen molar-refractivity contribution in [3.8, 4) is 0 Å². The fourth-order valence-electron chi connectivity index (χ4n) is 4.64. The summed E-state index contributed by atoms with van der Waals surface area (Å²) < 4.78 is 5.35. The SMILES string of the molecule is C[C@H](NC(=O)CN1CCC[C@@H](C(=O)N2CCOCC2)C1)c1cccc2ccccc12. The van der Waals surface area contributed by atoms with E-state index < -0.39 is 0 Å². The second kappa shape index (κ2) is 9.58. The summed E-state index contributed by atoms with van der Waals surface area (Å²) in [7, 11) is 0. The number of carbonyl (C=O) groups excluding carboxylic acids is 2. The summed E-state index contributed by atoms with van der Waals surface area (Å²) in [6, 6.07) is 14.4. The maximum atomic E-state index is 12.8. The van der Waals surface area contributed by atoms with Crippen molar-refractivity contribution >= 4 is 22.6 Å². The van der Waals surface area contributed by atoms with E-state index in [4.69, 9.17) is 4.74 Å². The zero-order chi connectivity index (χ0) is 20.9. The molecule has 2 fully saturated rings. The van der Waals surface area contributed by atoms with Crippen molar-refractivity contribution < 1.29 is 14.3 Å². The number of hydrogen-bond donors (Lipinski definition) is 1. The van der Waals surface area contributed by atoms with E-state index in [2.05, 4.69) is 34.5 Å². The highest BCUT2D eigenvalue weighted by Gasteiger charge is 2.30. The molecule has 2 heterocycles. The number of likely N-dealkylation sites (tertiary alicyclic amines) is 1. The molecular weight excluding hydrogens is 378 g/mol. The number of carbonyl (C=O) groups is 2. The lowest BCUT2D eigenvalue weighted by Gasteiger charge is -2.36. The number of rotatable bonds is 5. The first-order valence-electron chi connectivity index (χ1n) is 11.0. The van der Waals surface area contributed by atoms with Crippen molar-refractivity contribution in [2.45, 2.75) is 25.8 Å². The van der Waals surface area contributed by atoms with Gasteiger partial charge in [-0.3, -0.25) is 14.5 Å². The van der Waals surface area contributed by atoms with Gasteiger partial charge < -0.3 is 15.0 Å². The average molecular weight is 410 g/mol. The van der Waals surface area contributed by atoms with Gasteiger partial charge >= 0.3 is 0 Å². The number of piperidine rings is 1. The average Bonchev–Trinajstić information content (AvgIpc) is 2.78. The molecule has 0 spiro atoms. The van der Waals surface area contributed by atoms with Crippen LogP contribution >= 0.6 is 0 Å². The Labute approximate surface area is 178 Å². The van der Waals surface area contributed by atoms with Crippen molar-refractivity contribution in [1.82, 2.24) is 15.1 Å². The summed E-state index contributed by atoms with van der Waals surface area (Å²) in [5.74, 6) is 0.211. The van der Waals surface area contributed by atoms with E-state index in [1.54, 1.807) is 0 Å². The standard InChI is InChI=1S/C24H31N3O3/c1-18(21-10-4-7-19-6-2-3-9-22(19)21)25-23(28)17-26-11-5-8-20(16-26)24(29)27-12-14-30-15-13-27/h2-4,6-7,9-10,18,20H,5,8,11-17H2,1H3,(H,25,28)/t18-,20+/m0/s1. The molecule has 30 heavy (non-hydrogen) atoms. The maximum Gasteiger partial charge on any atom is 0.234 e. The fraction of sp³-hybridized carbons (Fsp3) is 0.500. The minimum absolute atomic E-state index is 0.00917. The fourth-order valence-corrected chi connectivity index (χ4v) is 4.64. The van der Waals surface area contributed by atoms with Gasteiger partial charge in [-0.15, -0.1) is 0 Å². The molecule has 0 aliphatic carbocycles. The topological polar surface area (TPSA) is 61.9 Å². The number of nitrogens with zero attached hydrogens (tertiary/aromatic N) is 2. The molecule has 2 aromatic rings. The molecule has 0 saturated carbocycles. The number of hydrogen-bond acceptors (Lipinski definition) is 4. The van der Waals surface area contributed by atoms with Crippen molar-refractivity contribution in [2.24, 2.45) is 5.92 Å². The number of morpholine rings is 1. The number of nitrogens with one attached hydrogen (secondary N) is 1. The van der Waals surface area contributed by atoms with Gasteiger partial charge in [0.05, 0.1) is 31.7 Å². The summed E-state index contributed by atoms with van der Waals surface area (Å²) in [6.07, 6.45) is 1.85. The van der Waals surface area contributed by atoms with Crippen molar-refractivity contribution in [3.05, 3.63) is 48.0 Å². The van der Waals surface area contributed by atoms with Crippen LogP contribution < -0.4 is 5.32 Å². The third-order valence-corrected chi connectivity index (χ3v) is 6.21. The van der Waals surface area contributed by atoms with Gasteiger partial charge in [0.25, 0.3) is 0 Å². The summed E-state index contributed by atoms with van der Waals surface area (Å²) >= 11 is 0. The molecular formula is C24H31N3O3. The molecule has 0 unspecified atom stereocenters. The Morgan fingerprint density at radius 3 is 2.70 bits per heavy atom. The van der Waals surface area contributed by atoms with E-state index in [9.17, 15) is 9.59 Å². The monoisotopic (exact) mass is 409 g/mol. The second-order valence-corrected chi connectivity index (χ2v) is 8.37. The van der Waals surface area contributed by atoms with E-state index in [0.29, 0.717) is 39.4 Å². The lowest BCUT2D eigenvalue weighted by atomic mass is 9.96. The Hall–Kier alpha value is -2.44. The molecule has 2 saturated heterocycles. The molecule has 160 valence electrons. The van der Waals surface area contributed by atoms with Crippen LogP contribution in [-0.2, 0) is 14.3 Å². The van der Waals surface area contributed by atoms with Gasteiger partial charge in [-0.2, -0.15) is 0 Å². The van der Waals surface area contributed by atoms with Gasteiger partial charge in [0.15, 0.2) is 0 Å². The number of amides is 2. The highest BCUT2D eigenvalue weighted by atomic mass is 16.5.